The van der Waals surface area contributed by atoms with E-state index in [0.29, 0.717) is 43.3 Å². The highest BCUT2D eigenvalue weighted by molar-refractivity contribution is 6.01. The van der Waals surface area contributed by atoms with E-state index in [1.807, 2.05) is 206 Å². The van der Waals surface area contributed by atoms with Gasteiger partial charge in [-0.1, -0.05) is 458 Å². The summed E-state index contributed by atoms with van der Waals surface area (Å²) in [5.41, 5.74) is 6.54. The Morgan fingerprint density at radius 1 is 0.301 bits per heavy atom. The van der Waals surface area contributed by atoms with Gasteiger partial charge >= 0.3 is 0 Å². The minimum Gasteiger partial charge on any atom is -0.381 e. The van der Waals surface area contributed by atoms with Gasteiger partial charge in [0.2, 0.25) is 0 Å². The molecule has 1 saturated carbocycles. The smallest absolute Gasteiger partial charge is 0.115 e. The lowest BCUT2D eigenvalue weighted by molar-refractivity contribution is 0.198. The van der Waals surface area contributed by atoms with Crippen LogP contribution in [0.25, 0.3) is 0 Å². The lowest BCUT2D eigenvalue weighted by Gasteiger charge is -2.16. The van der Waals surface area contributed by atoms with Crippen LogP contribution in [0.5, 0.6) is 0 Å². The minimum atomic E-state index is 0.119. The number of azo groups is 1. The maximum Gasteiger partial charge on any atom is 0.115 e. The molecular weight excluding hydrogens is 1510 g/mol. The van der Waals surface area contributed by atoms with Crippen molar-refractivity contribution in [2.75, 3.05) is 26.3 Å². The van der Waals surface area contributed by atoms with Crippen molar-refractivity contribution in [3.63, 3.8) is 0 Å². The van der Waals surface area contributed by atoms with Crippen molar-refractivity contribution >= 4 is 24.4 Å². The Hall–Kier alpha value is -6.15. The third-order valence-corrected chi connectivity index (χ3v) is 8.11. The summed E-state index contributed by atoms with van der Waals surface area (Å²) in [6.45, 7) is 126. The number of allylic oxidation sites excluding steroid dienone is 2. The molecule has 1 aliphatic carbocycles. The third kappa shape index (κ3) is 357. The largest absolute Gasteiger partial charge is 0.381 e. The standard InChI is InChI=1S/C8H12N2.C7H12N2.C6H12.C5H5N.8C5H12.2C4H4N2.2C4H5N.C4H8O.C3H4N2.10C2H6/c1-8(2,3)7-6-9-4-5-10-7;1-7(2,3)6-4-5-8-9-6;2*1-2-4-6-5-3-1;8*1-5(2,3)4;1-2-5-4-6-3-1;1-2-4-6-5-3-1;4*1-2-4-5-3-1;10*1-2/h4-6H,1-3H3;5H,4H2,1-3H3;1-6H2;1-5H;8*1-4H3;2*1-4H;1,3-4H,2H2;1-3H,4H2;1-4H2;1-2H,3H2;10*1-2H3. The molecule has 4 aromatic rings. The molecule has 0 spiro atoms. The van der Waals surface area contributed by atoms with Crippen LogP contribution >= 0.6 is 0 Å². The molecule has 0 unspecified atom stereocenters. The van der Waals surface area contributed by atoms with Crippen molar-refractivity contribution in [2.24, 2.45) is 79.2 Å². The zero-order valence-corrected chi connectivity index (χ0v) is 94.6. The van der Waals surface area contributed by atoms with Gasteiger partial charge in [-0.25, -0.2) is 9.97 Å². The fourth-order valence-electron chi connectivity index (χ4n) is 4.66. The summed E-state index contributed by atoms with van der Waals surface area (Å²) in [5, 5.41) is 22.0. The fourth-order valence-corrected chi connectivity index (χ4v) is 4.66. The van der Waals surface area contributed by atoms with Crippen LogP contribution in [0.15, 0.2) is 166 Å². The zero-order valence-electron chi connectivity index (χ0n) is 94.6. The average molecular weight is 1740 g/mol. The molecule has 14 heteroatoms. The highest BCUT2D eigenvalue weighted by Gasteiger charge is 2.20. The van der Waals surface area contributed by atoms with E-state index in [1.165, 1.54) is 63.4 Å². The van der Waals surface area contributed by atoms with Crippen molar-refractivity contribution in [1.82, 2.24) is 35.1 Å². The summed E-state index contributed by atoms with van der Waals surface area (Å²) < 4.78 is 4.94. The van der Waals surface area contributed by atoms with Gasteiger partial charge in [0.25, 0.3) is 0 Å². The Kier molecular flexibility index (Phi) is 157. The molecule has 5 aliphatic heterocycles. The first-order chi connectivity index (χ1) is 56.7. The molecule has 123 heavy (non-hydrogen) atoms. The first kappa shape index (κ1) is 160. The first-order valence-electron chi connectivity index (χ1n) is 47.7. The van der Waals surface area contributed by atoms with Gasteiger partial charge in [-0.05, 0) is 98.6 Å². The second kappa shape index (κ2) is 120. The number of aromatic nitrogens is 7. The quantitative estimate of drug-likeness (QED) is 0.167. The van der Waals surface area contributed by atoms with Crippen LogP contribution < -0.4 is 0 Å². The molecule has 0 amide bonds. The number of nitrogens with zero attached hydrogens (tertiary/aromatic N) is 13. The molecule has 6 aliphatic rings. The maximum atomic E-state index is 4.94. The summed E-state index contributed by atoms with van der Waals surface area (Å²) in [5.74, 6) is 0. The molecular formula is C109H227N13O. The van der Waals surface area contributed by atoms with E-state index in [2.05, 4.69) is 329 Å². The highest BCUT2D eigenvalue weighted by Crippen LogP contribution is 2.21. The molecule has 0 atom stereocenters. The predicted octanol–water partition coefficient (Wildman–Crippen LogP) is 38.1. The topological polar surface area (TPSA) is 174 Å². The molecule has 10 rings (SSSR count). The van der Waals surface area contributed by atoms with E-state index in [1.54, 1.807) is 80.5 Å². The van der Waals surface area contributed by atoms with Gasteiger partial charge in [0.05, 0.1) is 24.5 Å². The van der Waals surface area contributed by atoms with Crippen molar-refractivity contribution in [1.29, 1.82) is 0 Å². The van der Waals surface area contributed by atoms with E-state index in [0.717, 1.165) is 44.8 Å². The maximum absolute atomic E-state index is 4.94. The van der Waals surface area contributed by atoms with E-state index in [-0.39, 0.29) is 10.8 Å². The van der Waals surface area contributed by atoms with Crippen LogP contribution in [0.1, 0.15) is 471 Å². The summed E-state index contributed by atoms with van der Waals surface area (Å²) in [4.78, 5) is 26.9. The fraction of sp³-hybridized carbons (Fsp3) is 0.752. The van der Waals surface area contributed by atoms with Crippen molar-refractivity contribution in [3.8, 4) is 0 Å². The molecule has 0 radical (unpaired) electrons. The summed E-state index contributed by atoms with van der Waals surface area (Å²) in [6, 6.07) is 11.1. The Morgan fingerprint density at radius 2 is 0.634 bits per heavy atom. The lowest BCUT2D eigenvalue weighted by atomic mass is 9.89. The number of ether oxygens (including phenoxy) is 1. The van der Waals surface area contributed by atoms with Gasteiger partial charge in [-0.3, -0.25) is 24.9 Å². The number of pyridine rings is 1. The van der Waals surface area contributed by atoms with E-state index >= 15 is 0 Å². The molecule has 734 valence electrons. The molecule has 0 N–H and O–H groups in total. The zero-order chi connectivity index (χ0) is 102. The van der Waals surface area contributed by atoms with Gasteiger partial charge in [-0.15, -0.1) is 0 Å². The van der Waals surface area contributed by atoms with Crippen LogP contribution in [0, 0.1) is 48.7 Å². The highest BCUT2D eigenvalue weighted by atomic mass is 16.5. The number of aliphatic imine (C=N–C) groups is 2. The third-order valence-electron chi connectivity index (χ3n) is 8.11. The van der Waals surface area contributed by atoms with Crippen LogP contribution in [-0.2, 0) is 10.2 Å². The SMILES string of the molecule is C1=CCN=C1.C1=CN=CC1.C1=CN=NC1.C1CCCCC1.C1CCOC1.CC.CC.CC.CC.CC.CC.CC.CC.CC.CC.CC(C)(C)C.CC(C)(C)C.CC(C)(C)C.CC(C)(C)C.CC(C)(C)C.CC(C)(C)C.CC(C)(C)C.CC(C)(C)C.CC(C)(C)C1=NN=CC1.CC(C)(C)c1cnccn1.c1ccncc1.c1ccnnc1.c1cncnc1. The number of rotatable bonds is 0. The summed E-state index contributed by atoms with van der Waals surface area (Å²) in [6.07, 6.45) is 47.3. The average Bonchev–Trinajstić information content (AvgIpc) is 1.79. The molecule has 4 aromatic heterocycles. The van der Waals surface area contributed by atoms with Crippen LogP contribution in [0.3, 0.4) is 0 Å². The van der Waals surface area contributed by atoms with Crippen LogP contribution in [-0.4, -0.2) is 85.8 Å². The Bertz CT molecular complexity index is 2140. The molecule has 0 bridgehead atoms. The van der Waals surface area contributed by atoms with Gasteiger partial charge in [0, 0.05) is 124 Å². The molecule has 1 saturated heterocycles. The molecule has 2 fully saturated rings. The van der Waals surface area contributed by atoms with Gasteiger partial charge in [0.15, 0.2) is 0 Å². The Balaban J connectivity index is -0.0000000588. The van der Waals surface area contributed by atoms with E-state index in [9.17, 15) is 0 Å². The second-order valence-electron chi connectivity index (χ2n) is 39.6. The van der Waals surface area contributed by atoms with Crippen molar-refractivity contribution in [3.05, 3.63) is 141 Å². The number of hydrogen-bond acceptors (Lipinski definition) is 14. The monoisotopic (exact) mass is 1730 g/mol. The van der Waals surface area contributed by atoms with Crippen LogP contribution in [0.4, 0.5) is 0 Å². The lowest BCUT2D eigenvalue weighted by Crippen LogP contribution is -2.18. The van der Waals surface area contributed by atoms with Crippen LogP contribution in [0.2, 0.25) is 0 Å². The summed E-state index contributed by atoms with van der Waals surface area (Å²) in [7, 11) is 0. The van der Waals surface area contributed by atoms with E-state index < -0.39 is 0 Å². The van der Waals surface area contributed by atoms with Crippen molar-refractivity contribution in [2.45, 2.75) is 471 Å². The molecule has 0 aromatic carbocycles. The van der Waals surface area contributed by atoms with Crippen molar-refractivity contribution < 1.29 is 4.74 Å². The predicted molar refractivity (Wildman–Crippen MR) is 575 cm³/mol. The van der Waals surface area contributed by atoms with Gasteiger partial charge in [-0.2, -0.15) is 30.6 Å². The molecule has 14 nitrogen and oxygen atoms in total. The number of hydrogen-bond donors (Lipinski definition) is 0. The van der Waals surface area contributed by atoms with Gasteiger partial charge in [0.1, 0.15) is 6.33 Å². The Morgan fingerprint density at radius 3 is 0.740 bits per heavy atom. The minimum absolute atomic E-state index is 0.119. The molecule has 9 heterocycles. The van der Waals surface area contributed by atoms with Gasteiger partial charge < -0.3 is 4.74 Å². The van der Waals surface area contributed by atoms with E-state index in [4.69, 9.17) is 4.74 Å². The first-order valence-corrected chi connectivity index (χ1v) is 47.7. The summed E-state index contributed by atoms with van der Waals surface area (Å²) >= 11 is 0. The second-order valence-corrected chi connectivity index (χ2v) is 39.6. The normalized spacial score (nSPS) is 12.1. The Labute approximate surface area is 777 Å².